The molecule has 102 valence electrons. The topological polar surface area (TPSA) is 37.3 Å². The Hall–Kier alpha value is -2.61. The van der Waals surface area contributed by atoms with Crippen LogP contribution >= 0.6 is 0 Å². The van der Waals surface area contributed by atoms with Crippen molar-refractivity contribution in [2.24, 2.45) is 5.92 Å². The summed E-state index contributed by atoms with van der Waals surface area (Å²) in [5.74, 6) is -0.418. The normalized spacial score (nSPS) is 18.5. The van der Waals surface area contributed by atoms with E-state index in [1.54, 1.807) is 6.08 Å². The molecule has 1 unspecified atom stereocenters. The second kappa shape index (κ2) is 4.45. The predicted molar refractivity (Wildman–Crippen MR) is 84.0 cm³/mol. The van der Waals surface area contributed by atoms with E-state index in [1.165, 1.54) is 39.5 Å². The third kappa shape index (κ3) is 2.00. The van der Waals surface area contributed by atoms with E-state index >= 15 is 0 Å². The summed E-state index contributed by atoms with van der Waals surface area (Å²) in [5, 5.41) is 8.75. The quantitative estimate of drug-likeness (QED) is 0.858. The SMILES string of the molecule is O=C(O)/C=C/Cc1ccc2cccc-2c2c1C1=CC1C=C2. The third-order valence-corrected chi connectivity index (χ3v) is 4.16. The van der Waals surface area contributed by atoms with Crippen LogP contribution in [0.2, 0.25) is 0 Å². The zero-order valence-electron chi connectivity index (χ0n) is 11.4. The summed E-state index contributed by atoms with van der Waals surface area (Å²) >= 11 is 0. The van der Waals surface area contributed by atoms with E-state index in [9.17, 15) is 4.79 Å². The molecule has 0 saturated carbocycles. The van der Waals surface area contributed by atoms with Gasteiger partial charge in [0, 0.05) is 12.0 Å². The molecule has 0 saturated heterocycles. The van der Waals surface area contributed by atoms with Gasteiger partial charge < -0.3 is 5.11 Å². The lowest BCUT2D eigenvalue weighted by Crippen LogP contribution is -1.96. The smallest absolute Gasteiger partial charge is 0.327 e. The van der Waals surface area contributed by atoms with Crippen molar-refractivity contribution in [2.45, 2.75) is 6.42 Å². The van der Waals surface area contributed by atoms with E-state index in [1.807, 2.05) is 0 Å². The van der Waals surface area contributed by atoms with Crippen molar-refractivity contribution in [2.75, 3.05) is 0 Å². The molecular formula is C19H14O2. The lowest BCUT2D eigenvalue weighted by atomic mass is 9.91. The molecule has 0 amide bonds. The van der Waals surface area contributed by atoms with Crippen LogP contribution in [0.15, 0.2) is 54.6 Å². The molecular weight excluding hydrogens is 260 g/mol. The predicted octanol–water partition coefficient (Wildman–Crippen LogP) is 4.01. The van der Waals surface area contributed by atoms with E-state index in [0.29, 0.717) is 12.3 Å². The van der Waals surface area contributed by atoms with Crippen LogP contribution in [0, 0.1) is 5.92 Å². The van der Waals surface area contributed by atoms with Crippen LogP contribution in [0.1, 0.15) is 16.7 Å². The molecule has 21 heavy (non-hydrogen) atoms. The number of aliphatic carboxylic acids is 1. The molecule has 4 aliphatic carbocycles. The summed E-state index contributed by atoms with van der Waals surface area (Å²) in [4.78, 5) is 10.7. The number of carboxylic acid groups (broad SMARTS) is 1. The van der Waals surface area contributed by atoms with Crippen molar-refractivity contribution >= 4 is 17.6 Å². The number of hydrogen-bond acceptors (Lipinski definition) is 1. The molecule has 0 heterocycles. The Labute approximate surface area is 123 Å². The number of rotatable bonds is 3. The van der Waals surface area contributed by atoms with E-state index < -0.39 is 5.97 Å². The van der Waals surface area contributed by atoms with Crippen LogP contribution < -0.4 is 0 Å². The minimum atomic E-state index is -0.897. The number of hydrogen-bond donors (Lipinski definition) is 1. The fraction of sp³-hybridized carbons (Fsp3) is 0.105. The summed E-state index contributed by atoms with van der Waals surface area (Å²) in [6.07, 6.45) is 10.3. The van der Waals surface area contributed by atoms with Crippen LogP contribution in [0.5, 0.6) is 0 Å². The largest absolute Gasteiger partial charge is 0.478 e. The Morgan fingerprint density at radius 1 is 1.24 bits per heavy atom. The molecule has 0 fully saturated rings. The Morgan fingerprint density at radius 2 is 2.14 bits per heavy atom. The minimum Gasteiger partial charge on any atom is -0.478 e. The van der Waals surface area contributed by atoms with Crippen molar-refractivity contribution in [1.29, 1.82) is 0 Å². The van der Waals surface area contributed by atoms with E-state index in [2.05, 4.69) is 48.6 Å². The molecule has 0 aromatic carbocycles. The van der Waals surface area contributed by atoms with Gasteiger partial charge in [0.25, 0.3) is 0 Å². The van der Waals surface area contributed by atoms with E-state index in [0.717, 1.165) is 0 Å². The molecule has 0 aliphatic heterocycles. The Balaban J connectivity index is 1.89. The van der Waals surface area contributed by atoms with E-state index in [4.69, 9.17) is 5.11 Å². The van der Waals surface area contributed by atoms with Gasteiger partial charge in [0.15, 0.2) is 0 Å². The zero-order chi connectivity index (χ0) is 14.4. The molecule has 0 radical (unpaired) electrons. The van der Waals surface area contributed by atoms with Gasteiger partial charge in [0.05, 0.1) is 0 Å². The fourth-order valence-electron chi connectivity index (χ4n) is 3.13. The molecule has 0 bridgehead atoms. The molecule has 0 aromatic rings. The highest BCUT2D eigenvalue weighted by molar-refractivity contribution is 5.96. The Morgan fingerprint density at radius 3 is 3.00 bits per heavy atom. The highest BCUT2D eigenvalue weighted by Crippen LogP contribution is 2.48. The van der Waals surface area contributed by atoms with Crippen LogP contribution in [0.4, 0.5) is 0 Å². The lowest BCUT2D eigenvalue weighted by Gasteiger charge is -2.12. The van der Waals surface area contributed by atoms with Gasteiger partial charge in [-0.05, 0) is 39.8 Å². The first-order chi connectivity index (χ1) is 10.2. The van der Waals surface area contributed by atoms with Gasteiger partial charge in [-0.1, -0.05) is 54.6 Å². The summed E-state index contributed by atoms with van der Waals surface area (Å²) in [5.41, 5.74) is 7.62. The van der Waals surface area contributed by atoms with Crippen LogP contribution in [-0.4, -0.2) is 11.1 Å². The van der Waals surface area contributed by atoms with Crippen LogP contribution in [-0.2, 0) is 11.2 Å². The Bertz CT molecular complexity index is 808. The monoisotopic (exact) mass is 274 g/mol. The number of fused-ring (bicyclic) bond motifs is 5. The first-order valence-electron chi connectivity index (χ1n) is 7.08. The van der Waals surface area contributed by atoms with Gasteiger partial charge in [-0.15, -0.1) is 0 Å². The maximum atomic E-state index is 10.7. The van der Waals surface area contributed by atoms with Crippen molar-refractivity contribution < 1.29 is 9.90 Å². The zero-order valence-corrected chi connectivity index (χ0v) is 11.4. The second-order valence-electron chi connectivity index (χ2n) is 5.49. The number of carboxylic acids is 1. The van der Waals surface area contributed by atoms with Gasteiger partial charge in [-0.2, -0.15) is 0 Å². The van der Waals surface area contributed by atoms with Crippen LogP contribution in [0.25, 0.3) is 22.8 Å². The van der Waals surface area contributed by atoms with Crippen molar-refractivity contribution in [3.8, 4) is 11.1 Å². The molecule has 1 atom stereocenters. The summed E-state index contributed by atoms with van der Waals surface area (Å²) in [6, 6.07) is 10.6. The number of allylic oxidation sites excluding steroid dienone is 4. The summed E-state index contributed by atoms with van der Waals surface area (Å²) < 4.78 is 0. The van der Waals surface area contributed by atoms with Crippen LogP contribution in [0.3, 0.4) is 0 Å². The van der Waals surface area contributed by atoms with E-state index in [-0.39, 0.29) is 0 Å². The molecule has 1 N–H and O–H groups in total. The minimum absolute atomic E-state index is 0.479. The van der Waals surface area contributed by atoms with Gasteiger partial charge in [0.1, 0.15) is 0 Å². The highest BCUT2D eigenvalue weighted by Gasteiger charge is 2.31. The molecule has 0 spiro atoms. The molecule has 4 rings (SSSR count). The van der Waals surface area contributed by atoms with Gasteiger partial charge in [-0.25, -0.2) is 4.79 Å². The molecule has 4 aliphatic rings. The average Bonchev–Trinajstić information content (AvgIpc) is 3.13. The number of carbonyl (C=O) groups is 1. The van der Waals surface area contributed by atoms with Gasteiger partial charge >= 0.3 is 5.97 Å². The second-order valence-corrected chi connectivity index (χ2v) is 5.49. The highest BCUT2D eigenvalue weighted by atomic mass is 16.4. The molecule has 2 nitrogen and oxygen atoms in total. The fourth-order valence-corrected chi connectivity index (χ4v) is 3.13. The molecule has 0 aromatic heterocycles. The van der Waals surface area contributed by atoms with Crippen molar-refractivity contribution in [1.82, 2.24) is 0 Å². The first kappa shape index (κ1) is 12.2. The maximum absolute atomic E-state index is 10.7. The van der Waals surface area contributed by atoms with Crippen molar-refractivity contribution in [3.63, 3.8) is 0 Å². The Kier molecular flexibility index (Phi) is 2.58. The van der Waals surface area contributed by atoms with Crippen molar-refractivity contribution in [3.05, 3.63) is 71.3 Å². The lowest BCUT2D eigenvalue weighted by molar-refractivity contribution is -0.131. The summed E-state index contributed by atoms with van der Waals surface area (Å²) in [6.45, 7) is 0. The third-order valence-electron chi connectivity index (χ3n) is 4.16. The van der Waals surface area contributed by atoms with Gasteiger partial charge in [-0.3, -0.25) is 0 Å². The molecule has 2 heteroatoms. The maximum Gasteiger partial charge on any atom is 0.327 e. The average molecular weight is 274 g/mol. The summed E-state index contributed by atoms with van der Waals surface area (Å²) in [7, 11) is 0. The standard InChI is InChI=1S/C19H14O2/c20-18(21)6-2-4-13-8-7-12-3-1-5-15(12)16-10-9-14-11-17(14)19(13)16/h1-3,5-11,14H,4H2,(H,20,21)/b6-2+. The van der Waals surface area contributed by atoms with Gasteiger partial charge in [0.2, 0.25) is 0 Å². The first-order valence-corrected chi connectivity index (χ1v) is 7.08.